The number of fused-ring (bicyclic) bond motifs is 1. The van der Waals surface area contributed by atoms with Crippen LogP contribution >= 0.6 is 11.8 Å². The second-order valence-electron chi connectivity index (χ2n) is 7.74. The summed E-state index contributed by atoms with van der Waals surface area (Å²) >= 11 is 1.32. The number of amidine groups is 2. The number of nitrogens with one attached hydrogen (secondary N) is 1. The Kier molecular flexibility index (Phi) is 4.90. The van der Waals surface area contributed by atoms with Crippen LogP contribution in [0.5, 0.6) is 0 Å². The Labute approximate surface area is 190 Å². The van der Waals surface area contributed by atoms with Gasteiger partial charge in [-0.25, -0.2) is 0 Å². The summed E-state index contributed by atoms with van der Waals surface area (Å²) in [6.07, 6.45) is 1.75. The van der Waals surface area contributed by atoms with Gasteiger partial charge in [-0.2, -0.15) is 15.1 Å². The van der Waals surface area contributed by atoms with E-state index in [-0.39, 0.29) is 11.4 Å². The first-order valence-corrected chi connectivity index (χ1v) is 11.1. The highest BCUT2D eigenvalue weighted by atomic mass is 32.2. The van der Waals surface area contributed by atoms with Crippen LogP contribution in [-0.4, -0.2) is 31.5 Å². The fourth-order valence-electron chi connectivity index (χ4n) is 3.98. The molecule has 1 N–H and O–H groups in total. The van der Waals surface area contributed by atoms with Gasteiger partial charge in [0.15, 0.2) is 5.84 Å². The lowest BCUT2D eigenvalue weighted by molar-refractivity contribution is -0.114. The van der Waals surface area contributed by atoms with Crippen LogP contribution in [0.1, 0.15) is 28.1 Å². The van der Waals surface area contributed by atoms with E-state index >= 15 is 0 Å². The molecule has 2 aliphatic heterocycles. The number of aromatic nitrogens is 1. The maximum Gasteiger partial charge on any atom is 0.283 e. The first-order chi connectivity index (χ1) is 15.4. The molecule has 0 atom stereocenters. The minimum Gasteiger partial charge on any atom is -0.318 e. The average molecular weight is 440 g/mol. The summed E-state index contributed by atoms with van der Waals surface area (Å²) < 4.78 is 2.14. The lowest BCUT2D eigenvalue weighted by Crippen LogP contribution is -2.35. The van der Waals surface area contributed by atoms with E-state index in [2.05, 4.69) is 14.7 Å². The number of rotatable bonds is 3. The zero-order valence-corrected chi connectivity index (χ0v) is 18.8. The van der Waals surface area contributed by atoms with Crippen LogP contribution in [0.2, 0.25) is 0 Å². The largest absolute Gasteiger partial charge is 0.318 e. The van der Waals surface area contributed by atoms with E-state index in [0.717, 1.165) is 38.8 Å². The summed E-state index contributed by atoms with van der Waals surface area (Å²) in [5.74, 6) is -0.375. The van der Waals surface area contributed by atoms with Crippen molar-refractivity contribution >= 4 is 39.8 Å². The van der Waals surface area contributed by atoms with Gasteiger partial charge in [0.05, 0.1) is 5.57 Å². The van der Waals surface area contributed by atoms with Gasteiger partial charge >= 0.3 is 0 Å². The molecule has 2 aromatic carbocycles. The minimum absolute atomic E-state index is 0.0422. The van der Waals surface area contributed by atoms with Crippen molar-refractivity contribution in [2.24, 2.45) is 10.1 Å². The molecule has 3 heterocycles. The number of hydrazone groups is 1. The second kappa shape index (κ2) is 7.76. The number of benzene rings is 2. The maximum atomic E-state index is 12.8. The zero-order chi connectivity index (χ0) is 22.4. The highest BCUT2D eigenvalue weighted by molar-refractivity contribution is 8.27. The van der Waals surface area contributed by atoms with Crippen molar-refractivity contribution in [2.45, 2.75) is 20.8 Å². The van der Waals surface area contributed by atoms with Crippen molar-refractivity contribution in [3.8, 4) is 5.69 Å². The van der Waals surface area contributed by atoms with Gasteiger partial charge in [-0.15, -0.1) is 0 Å². The van der Waals surface area contributed by atoms with E-state index < -0.39 is 5.91 Å². The van der Waals surface area contributed by atoms with Crippen LogP contribution in [0.15, 0.2) is 76.3 Å². The molecule has 3 aromatic rings. The van der Waals surface area contributed by atoms with Gasteiger partial charge in [0, 0.05) is 22.6 Å². The average Bonchev–Trinajstić information content (AvgIpc) is 3.32. The molecule has 0 fully saturated rings. The Morgan fingerprint density at radius 2 is 1.72 bits per heavy atom. The molecule has 5 rings (SSSR count). The van der Waals surface area contributed by atoms with Crippen LogP contribution in [0.25, 0.3) is 11.8 Å². The number of carbonyl (C=O) groups excluding carboxylic acids is 1. The van der Waals surface area contributed by atoms with Crippen molar-refractivity contribution in [1.82, 2.24) is 9.58 Å². The van der Waals surface area contributed by atoms with Crippen LogP contribution in [0, 0.1) is 26.2 Å². The fourth-order valence-corrected chi connectivity index (χ4v) is 4.96. The number of para-hydroxylation sites is 1. The topological polar surface area (TPSA) is 73.8 Å². The summed E-state index contributed by atoms with van der Waals surface area (Å²) in [5, 5.41) is 15.9. The second-order valence-corrected chi connectivity index (χ2v) is 8.69. The molecular weight excluding hydrogens is 418 g/mol. The minimum atomic E-state index is -0.417. The van der Waals surface area contributed by atoms with Crippen molar-refractivity contribution in [3.63, 3.8) is 0 Å². The zero-order valence-electron chi connectivity index (χ0n) is 18.0. The first kappa shape index (κ1) is 20.2. The van der Waals surface area contributed by atoms with Crippen molar-refractivity contribution in [3.05, 3.63) is 94.3 Å². The van der Waals surface area contributed by atoms with E-state index in [0.29, 0.717) is 5.17 Å². The van der Waals surface area contributed by atoms with Gasteiger partial charge in [-0.3, -0.25) is 10.2 Å². The molecule has 158 valence electrons. The smallest absolute Gasteiger partial charge is 0.283 e. The molecule has 32 heavy (non-hydrogen) atoms. The third-order valence-corrected chi connectivity index (χ3v) is 6.56. The molecule has 0 radical (unpaired) electrons. The van der Waals surface area contributed by atoms with E-state index in [1.54, 1.807) is 6.08 Å². The number of thioether (sulfide) groups is 1. The lowest BCUT2D eigenvalue weighted by Gasteiger charge is -2.20. The number of aliphatic imine (C=N–C) groups is 1. The number of hydrogen-bond acceptors (Lipinski definition) is 4. The number of amides is 1. The molecule has 0 spiro atoms. The van der Waals surface area contributed by atoms with Crippen molar-refractivity contribution < 1.29 is 4.79 Å². The fraction of sp³-hybridized carbons (Fsp3) is 0.120. The standard InChI is InChI=1S/C25H21N5OS/c1-15-9-7-8-12-20(15)24-28-30-22(26)21(23(31)27-25(30)32-24)14-18-13-16(2)29(17(18)3)19-10-5-4-6-11-19/h4-14,26H,1-3H3/b21-14-,26-22?. The van der Waals surface area contributed by atoms with Crippen LogP contribution in [0.4, 0.5) is 0 Å². The SMILES string of the molecule is Cc1ccccc1C1=NN2C(=N)/C(=C/c3cc(C)n(-c4ccccc4)c3C)C(=O)N=C2S1. The van der Waals surface area contributed by atoms with E-state index in [1.807, 2.05) is 81.4 Å². The lowest BCUT2D eigenvalue weighted by atomic mass is 10.1. The molecule has 0 unspecified atom stereocenters. The Morgan fingerprint density at radius 3 is 2.47 bits per heavy atom. The predicted molar refractivity (Wildman–Crippen MR) is 131 cm³/mol. The summed E-state index contributed by atoms with van der Waals surface area (Å²) in [4.78, 5) is 17.1. The van der Waals surface area contributed by atoms with Crippen LogP contribution in [-0.2, 0) is 4.79 Å². The quantitative estimate of drug-likeness (QED) is 0.579. The Balaban J connectivity index is 1.53. The molecule has 0 aliphatic carbocycles. The Hall–Kier alpha value is -3.71. The summed E-state index contributed by atoms with van der Waals surface area (Å²) in [6, 6.07) is 20.0. The monoisotopic (exact) mass is 439 g/mol. The molecule has 0 bridgehead atoms. The predicted octanol–water partition coefficient (Wildman–Crippen LogP) is 5.07. The van der Waals surface area contributed by atoms with E-state index in [4.69, 9.17) is 5.41 Å². The Morgan fingerprint density at radius 1 is 1.00 bits per heavy atom. The highest BCUT2D eigenvalue weighted by Gasteiger charge is 2.36. The van der Waals surface area contributed by atoms with Crippen LogP contribution < -0.4 is 0 Å². The molecule has 0 saturated carbocycles. The first-order valence-electron chi connectivity index (χ1n) is 10.2. The normalized spacial score (nSPS) is 17.0. The van der Waals surface area contributed by atoms with Crippen molar-refractivity contribution in [1.29, 1.82) is 5.41 Å². The number of hydrogen-bond donors (Lipinski definition) is 1. The number of nitrogens with zero attached hydrogens (tertiary/aromatic N) is 4. The molecule has 6 nitrogen and oxygen atoms in total. The third kappa shape index (κ3) is 3.31. The van der Waals surface area contributed by atoms with E-state index in [9.17, 15) is 4.79 Å². The summed E-state index contributed by atoms with van der Waals surface area (Å²) in [7, 11) is 0. The van der Waals surface area contributed by atoms with Gasteiger partial charge in [0.2, 0.25) is 5.17 Å². The molecular formula is C25H21N5OS. The number of aryl methyl sites for hydroxylation is 2. The summed E-state index contributed by atoms with van der Waals surface area (Å²) in [6.45, 7) is 6.06. The summed E-state index contributed by atoms with van der Waals surface area (Å²) in [5.41, 5.74) is 6.28. The molecule has 1 aromatic heterocycles. The molecule has 2 aliphatic rings. The Bertz CT molecular complexity index is 1360. The van der Waals surface area contributed by atoms with E-state index in [1.165, 1.54) is 16.8 Å². The van der Waals surface area contributed by atoms with Crippen molar-refractivity contribution in [2.75, 3.05) is 0 Å². The molecule has 7 heteroatoms. The van der Waals surface area contributed by atoms with Gasteiger partial charge in [0.1, 0.15) is 5.04 Å². The van der Waals surface area contributed by atoms with Gasteiger partial charge < -0.3 is 4.57 Å². The van der Waals surface area contributed by atoms with Gasteiger partial charge in [0.25, 0.3) is 5.91 Å². The highest BCUT2D eigenvalue weighted by Crippen LogP contribution is 2.32. The molecule has 0 saturated heterocycles. The van der Waals surface area contributed by atoms with Gasteiger partial charge in [-0.1, -0.05) is 42.5 Å². The van der Waals surface area contributed by atoms with Gasteiger partial charge in [-0.05, 0) is 67.9 Å². The number of carbonyl (C=O) groups is 1. The third-order valence-electron chi connectivity index (χ3n) is 5.61. The van der Waals surface area contributed by atoms with Crippen LogP contribution in [0.3, 0.4) is 0 Å². The maximum absolute atomic E-state index is 12.8. The molecule has 1 amide bonds.